The van der Waals surface area contributed by atoms with Crippen molar-refractivity contribution in [3.63, 3.8) is 0 Å². The molecule has 2 rings (SSSR count). The summed E-state index contributed by atoms with van der Waals surface area (Å²) in [6.07, 6.45) is 3.77. The van der Waals surface area contributed by atoms with Gasteiger partial charge in [-0.25, -0.2) is 5.43 Å². The van der Waals surface area contributed by atoms with Gasteiger partial charge in [-0.05, 0) is 30.7 Å². The number of hydrogen-bond acceptors (Lipinski definition) is 2. The Labute approximate surface area is 129 Å². The Balaban J connectivity index is 1.99. The fraction of sp³-hybridized carbons (Fsp3) is 0.0588. The summed E-state index contributed by atoms with van der Waals surface area (Å²) in [6, 6.07) is 16.7. The molecule has 0 aliphatic carbocycles. The molecule has 3 nitrogen and oxygen atoms in total. The van der Waals surface area contributed by atoms with Crippen molar-refractivity contribution in [1.29, 1.82) is 0 Å². The van der Waals surface area contributed by atoms with E-state index in [1.165, 1.54) is 0 Å². The Morgan fingerprint density at radius 2 is 1.76 bits per heavy atom. The van der Waals surface area contributed by atoms with E-state index in [1.807, 2.05) is 49.4 Å². The molecule has 0 radical (unpaired) electrons. The van der Waals surface area contributed by atoms with Gasteiger partial charge in [-0.2, -0.15) is 5.10 Å². The molecule has 0 aliphatic heterocycles. The van der Waals surface area contributed by atoms with Crippen molar-refractivity contribution in [3.8, 4) is 0 Å². The van der Waals surface area contributed by atoms with Crippen LogP contribution in [0.2, 0.25) is 5.02 Å². The van der Waals surface area contributed by atoms with E-state index in [0.717, 1.165) is 5.56 Å². The summed E-state index contributed by atoms with van der Waals surface area (Å²) in [5.74, 6) is -0.326. The predicted octanol–water partition coefficient (Wildman–Crippen LogP) is 4.16. The van der Waals surface area contributed by atoms with Crippen LogP contribution in [0.1, 0.15) is 22.8 Å². The number of nitrogens with one attached hydrogen (secondary N) is 1. The Morgan fingerprint density at radius 3 is 2.48 bits per heavy atom. The molecule has 1 amide bonds. The van der Waals surface area contributed by atoms with Crippen LogP contribution in [0.25, 0.3) is 6.08 Å². The molecule has 0 unspecified atom stereocenters. The molecule has 1 N–H and O–H groups in total. The first-order valence-corrected chi connectivity index (χ1v) is 6.87. The van der Waals surface area contributed by atoms with Crippen LogP contribution in [0, 0.1) is 0 Å². The monoisotopic (exact) mass is 298 g/mol. The lowest BCUT2D eigenvalue weighted by molar-refractivity contribution is 0.0955. The maximum atomic E-state index is 11.9. The number of nitrogens with zero attached hydrogens (tertiary/aromatic N) is 1. The van der Waals surface area contributed by atoms with Gasteiger partial charge in [-0.3, -0.25) is 4.79 Å². The topological polar surface area (TPSA) is 41.5 Å². The fourth-order valence-corrected chi connectivity index (χ4v) is 1.88. The second-order valence-electron chi connectivity index (χ2n) is 4.42. The highest BCUT2D eigenvalue weighted by Gasteiger charge is 2.07. The Hall–Kier alpha value is -2.39. The maximum Gasteiger partial charge on any atom is 0.272 e. The van der Waals surface area contributed by atoms with Gasteiger partial charge in [-0.15, -0.1) is 0 Å². The predicted molar refractivity (Wildman–Crippen MR) is 87.5 cm³/mol. The summed E-state index contributed by atoms with van der Waals surface area (Å²) in [6.45, 7) is 1.81. The molecule has 0 heterocycles. The zero-order chi connectivity index (χ0) is 15.1. The fourth-order valence-electron chi connectivity index (χ4n) is 1.66. The van der Waals surface area contributed by atoms with Crippen LogP contribution < -0.4 is 5.43 Å². The number of carbonyl (C=O) groups is 1. The van der Waals surface area contributed by atoms with Gasteiger partial charge in [0.2, 0.25) is 0 Å². The highest BCUT2D eigenvalue weighted by molar-refractivity contribution is 6.33. The Morgan fingerprint density at radius 1 is 1.10 bits per heavy atom. The van der Waals surface area contributed by atoms with Crippen LogP contribution in [-0.4, -0.2) is 11.6 Å². The van der Waals surface area contributed by atoms with Crippen molar-refractivity contribution in [1.82, 2.24) is 5.43 Å². The number of amides is 1. The summed E-state index contributed by atoms with van der Waals surface area (Å²) in [5, 5.41) is 4.43. The molecule has 0 saturated heterocycles. The molecular formula is C17H15ClN2O. The van der Waals surface area contributed by atoms with Crippen molar-refractivity contribution in [2.45, 2.75) is 6.92 Å². The van der Waals surface area contributed by atoms with Crippen molar-refractivity contribution >= 4 is 29.3 Å². The first kappa shape index (κ1) is 15.0. The van der Waals surface area contributed by atoms with Crippen LogP contribution in [0.4, 0.5) is 0 Å². The van der Waals surface area contributed by atoms with Crippen molar-refractivity contribution in [3.05, 3.63) is 76.8 Å². The second kappa shape index (κ2) is 7.41. The zero-order valence-electron chi connectivity index (χ0n) is 11.6. The van der Waals surface area contributed by atoms with Crippen molar-refractivity contribution in [2.75, 3.05) is 0 Å². The first-order valence-electron chi connectivity index (χ1n) is 6.49. The van der Waals surface area contributed by atoms with Gasteiger partial charge in [0.25, 0.3) is 5.91 Å². The van der Waals surface area contributed by atoms with Gasteiger partial charge >= 0.3 is 0 Å². The highest BCUT2D eigenvalue weighted by Crippen LogP contribution is 2.14. The van der Waals surface area contributed by atoms with Gasteiger partial charge in [0.15, 0.2) is 0 Å². The molecule has 0 spiro atoms. The smallest absolute Gasteiger partial charge is 0.267 e. The number of hydrazone groups is 1. The van der Waals surface area contributed by atoms with Gasteiger partial charge in [0.1, 0.15) is 0 Å². The number of benzene rings is 2. The number of rotatable bonds is 4. The quantitative estimate of drug-likeness (QED) is 0.668. The third kappa shape index (κ3) is 4.58. The average Bonchev–Trinajstić information content (AvgIpc) is 2.52. The van der Waals surface area contributed by atoms with Crippen molar-refractivity contribution in [2.24, 2.45) is 5.10 Å². The normalized spacial score (nSPS) is 11.6. The minimum Gasteiger partial charge on any atom is -0.267 e. The minimum absolute atomic E-state index is 0.326. The van der Waals surface area contributed by atoms with E-state index < -0.39 is 0 Å². The minimum atomic E-state index is -0.326. The molecule has 0 fully saturated rings. The third-order valence-electron chi connectivity index (χ3n) is 2.77. The second-order valence-corrected chi connectivity index (χ2v) is 4.83. The number of hydrogen-bond donors (Lipinski definition) is 1. The van der Waals surface area contributed by atoms with Gasteiger partial charge in [0.05, 0.1) is 16.3 Å². The van der Waals surface area contributed by atoms with Gasteiger partial charge < -0.3 is 0 Å². The summed E-state index contributed by atoms with van der Waals surface area (Å²) < 4.78 is 0. The summed E-state index contributed by atoms with van der Waals surface area (Å²) in [5.41, 5.74) is 4.66. The molecule has 0 bridgehead atoms. The molecule has 0 atom stereocenters. The SMILES string of the molecule is CC(/C=C/c1ccccc1)=NNC(=O)c1ccccc1Cl. The summed E-state index contributed by atoms with van der Waals surface area (Å²) >= 11 is 5.95. The number of halogens is 1. The molecule has 0 saturated carbocycles. The van der Waals surface area contributed by atoms with Crippen molar-refractivity contribution < 1.29 is 4.79 Å². The lowest BCUT2D eigenvalue weighted by Crippen LogP contribution is -2.19. The summed E-state index contributed by atoms with van der Waals surface area (Å²) in [7, 11) is 0. The molecule has 4 heteroatoms. The highest BCUT2D eigenvalue weighted by atomic mass is 35.5. The van der Waals surface area contributed by atoms with E-state index in [2.05, 4.69) is 10.5 Å². The van der Waals surface area contributed by atoms with E-state index in [-0.39, 0.29) is 5.91 Å². The zero-order valence-corrected chi connectivity index (χ0v) is 12.3. The average molecular weight is 299 g/mol. The van der Waals surface area contributed by atoms with Gasteiger partial charge in [-0.1, -0.05) is 60.1 Å². The van der Waals surface area contributed by atoms with E-state index in [4.69, 9.17) is 11.6 Å². The van der Waals surface area contributed by atoms with Crippen LogP contribution in [0.5, 0.6) is 0 Å². The van der Waals surface area contributed by atoms with E-state index in [9.17, 15) is 4.79 Å². The van der Waals surface area contributed by atoms with E-state index in [0.29, 0.717) is 16.3 Å². The standard InChI is InChI=1S/C17H15ClN2O/c1-13(11-12-14-7-3-2-4-8-14)19-20-17(21)15-9-5-6-10-16(15)18/h2-12H,1H3,(H,20,21)/b12-11+,19-13?. The van der Waals surface area contributed by atoms with E-state index in [1.54, 1.807) is 24.3 Å². The molecule has 21 heavy (non-hydrogen) atoms. The van der Waals surface area contributed by atoms with Crippen LogP contribution >= 0.6 is 11.6 Å². The van der Waals surface area contributed by atoms with Crippen LogP contribution in [0.15, 0.2) is 65.8 Å². The molecule has 2 aromatic rings. The molecule has 0 aromatic heterocycles. The molecule has 0 aliphatic rings. The lowest BCUT2D eigenvalue weighted by Gasteiger charge is -2.02. The first-order chi connectivity index (χ1) is 10.2. The number of allylic oxidation sites excluding steroid dienone is 1. The van der Waals surface area contributed by atoms with Crippen LogP contribution in [-0.2, 0) is 0 Å². The largest absolute Gasteiger partial charge is 0.272 e. The molecular weight excluding hydrogens is 284 g/mol. The Kier molecular flexibility index (Phi) is 5.29. The molecule has 2 aromatic carbocycles. The van der Waals surface area contributed by atoms with E-state index >= 15 is 0 Å². The lowest BCUT2D eigenvalue weighted by atomic mass is 10.2. The summed E-state index contributed by atoms with van der Waals surface area (Å²) in [4.78, 5) is 11.9. The van der Waals surface area contributed by atoms with Gasteiger partial charge in [0, 0.05) is 0 Å². The maximum absolute atomic E-state index is 11.9. The molecule has 106 valence electrons. The Bertz CT molecular complexity index is 678. The number of carbonyl (C=O) groups excluding carboxylic acids is 1. The third-order valence-corrected chi connectivity index (χ3v) is 3.10. The van der Waals surface area contributed by atoms with Crippen LogP contribution in [0.3, 0.4) is 0 Å².